The number of benzene rings is 2. The van der Waals surface area contributed by atoms with Crippen LogP contribution in [0.3, 0.4) is 0 Å². The van der Waals surface area contributed by atoms with Crippen LogP contribution in [-0.4, -0.2) is 38.6 Å². The number of halogens is 1. The van der Waals surface area contributed by atoms with E-state index >= 15 is 0 Å². The summed E-state index contributed by atoms with van der Waals surface area (Å²) in [5, 5.41) is 14.2. The molecule has 0 aliphatic rings. The maximum atomic E-state index is 12.2. The predicted molar refractivity (Wildman–Crippen MR) is 94.3 cm³/mol. The van der Waals surface area contributed by atoms with E-state index in [1.807, 2.05) is 0 Å². The van der Waals surface area contributed by atoms with Gasteiger partial charge in [0, 0.05) is 10.6 Å². The Morgan fingerprint density at radius 3 is 2.24 bits per heavy atom. The molecule has 0 saturated carbocycles. The molecule has 7 nitrogen and oxygen atoms in total. The van der Waals surface area contributed by atoms with Gasteiger partial charge in [0.15, 0.2) is 11.5 Å². The summed E-state index contributed by atoms with van der Waals surface area (Å²) in [6.07, 6.45) is 1.39. The molecular formula is C17H17ClN2O5. The zero-order chi connectivity index (χ0) is 18.4. The zero-order valence-corrected chi connectivity index (χ0v) is 14.6. The number of phenolic OH excluding ortho intramolecular Hbond substituents is 1. The van der Waals surface area contributed by atoms with Crippen LogP contribution in [0.25, 0.3) is 0 Å². The van der Waals surface area contributed by atoms with Crippen molar-refractivity contribution in [3.63, 3.8) is 0 Å². The van der Waals surface area contributed by atoms with Crippen molar-refractivity contribution in [3.8, 4) is 23.0 Å². The number of aromatic hydroxyl groups is 1. The summed E-state index contributed by atoms with van der Waals surface area (Å²) in [5.74, 6) is 0.237. The number of carbonyl (C=O) groups is 1. The Balaban J connectivity index is 2.18. The Morgan fingerprint density at radius 1 is 1.08 bits per heavy atom. The van der Waals surface area contributed by atoms with Crippen molar-refractivity contribution in [3.05, 3.63) is 46.5 Å². The van der Waals surface area contributed by atoms with Gasteiger partial charge in [-0.05, 0) is 30.3 Å². The van der Waals surface area contributed by atoms with Gasteiger partial charge < -0.3 is 19.3 Å². The van der Waals surface area contributed by atoms with E-state index < -0.39 is 5.91 Å². The molecular weight excluding hydrogens is 348 g/mol. The SMILES string of the molecule is COc1ccc(Cl)cc1C(=O)N/N=C/c1cc(OC)c(O)c(OC)c1. The summed E-state index contributed by atoms with van der Waals surface area (Å²) in [7, 11) is 4.30. The van der Waals surface area contributed by atoms with Crippen molar-refractivity contribution >= 4 is 23.7 Å². The van der Waals surface area contributed by atoms with Gasteiger partial charge in [-0.15, -0.1) is 0 Å². The minimum absolute atomic E-state index is 0.116. The Kier molecular flexibility index (Phi) is 6.08. The monoisotopic (exact) mass is 364 g/mol. The fraction of sp³-hybridized carbons (Fsp3) is 0.176. The zero-order valence-electron chi connectivity index (χ0n) is 13.9. The Labute approximate surface area is 149 Å². The van der Waals surface area contributed by atoms with Crippen LogP contribution in [0.2, 0.25) is 5.02 Å². The lowest BCUT2D eigenvalue weighted by atomic mass is 10.2. The third kappa shape index (κ3) is 4.33. The van der Waals surface area contributed by atoms with E-state index in [-0.39, 0.29) is 22.8 Å². The van der Waals surface area contributed by atoms with Crippen LogP contribution in [0.1, 0.15) is 15.9 Å². The molecule has 0 unspecified atom stereocenters. The number of nitrogens with zero attached hydrogens (tertiary/aromatic N) is 1. The van der Waals surface area contributed by atoms with Crippen molar-refractivity contribution in [1.82, 2.24) is 5.43 Å². The number of nitrogens with one attached hydrogen (secondary N) is 1. The summed E-state index contributed by atoms with van der Waals surface area (Å²) in [6.45, 7) is 0. The minimum Gasteiger partial charge on any atom is -0.502 e. The summed E-state index contributed by atoms with van der Waals surface area (Å²) in [5.41, 5.74) is 3.20. The summed E-state index contributed by atoms with van der Waals surface area (Å²) in [4.78, 5) is 12.2. The molecule has 132 valence electrons. The number of hydrazone groups is 1. The van der Waals surface area contributed by atoms with Crippen LogP contribution in [0, 0.1) is 0 Å². The topological polar surface area (TPSA) is 89.4 Å². The highest BCUT2D eigenvalue weighted by molar-refractivity contribution is 6.31. The Hall–Kier alpha value is -2.93. The molecule has 0 aliphatic heterocycles. The second-order valence-electron chi connectivity index (χ2n) is 4.82. The Morgan fingerprint density at radius 2 is 1.68 bits per heavy atom. The molecule has 8 heteroatoms. The van der Waals surface area contributed by atoms with E-state index in [1.165, 1.54) is 33.6 Å². The number of carbonyl (C=O) groups excluding carboxylic acids is 1. The molecule has 1 amide bonds. The van der Waals surface area contributed by atoms with Gasteiger partial charge in [0.1, 0.15) is 5.75 Å². The Bertz CT molecular complexity index is 783. The maximum Gasteiger partial charge on any atom is 0.275 e. The van der Waals surface area contributed by atoms with Gasteiger partial charge in [-0.1, -0.05) is 11.6 Å². The number of phenols is 1. The van der Waals surface area contributed by atoms with Crippen LogP contribution in [0.4, 0.5) is 0 Å². The quantitative estimate of drug-likeness (QED) is 0.607. The number of rotatable bonds is 6. The van der Waals surface area contributed by atoms with Crippen molar-refractivity contribution < 1.29 is 24.1 Å². The van der Waals surface area contributed by atoms with E-state index in [4.69, 9.17) is 25.8 Å². The molecule has 0 radical (unpaired) electrons. The first-order valence-electron chi connectivity index (χ1n) is 7.12. The lowest BCUT2D eigenvalue weighted by molar-refractivity contribution is 0.0952. The molecule has 2 N–H and O–H groups in total. The van der Waals surface area contributed by atoms with Gasteiger partial charge in [-0.3, -0.25) is 4.79 Å². The van der Waals surface area contributed by atoms with Crippen LogP contribution in [0.5, 0.6) is 23.0 Å². The van der Waals surface area contributed by atoms with Gasteiger partial charge in [-0.2, -0.15) is 5.10 Å². The number of hydrogen-bond acceptors (Lipinski definition) is 6. The van der Waals surface area contributed by atoms with E-state index in [0.717, 1.165) is 0 Å². The number of methoxy groups -OCH3 is 3. The second kappa shape index (κ2) is 8.25. The largest absolute Gasteiger partial charge is 0.502 e. The van der Waals surface area contributed by atoms with E-state index in [0.29, 0.717) is 16.3 Å². The van der Waals surface area contributed by atoms with Crippen molar-refractivity contribution in [2.75, 3.05) is 21.3 Å². The highest BCUT2D eigenvalue weighted by Gasteiger charge is 2.13. The van der Waals surface area contributed by atoms with Gasteiger partial charge >= 0.3 is 0 Å². The number of hydrogen-bond donors (Lipinski definition) is 2. The smallest absolute Gasteiger partial charge is 0.275 e. The van der Waals surface area contributed by atoms with Gasteiger partial charge in [0.2, 0.25) is 5.75 Å². The first kappa shape index (κ1) is 18.4. The van der Waals surface area contributed by atoms with E-state index in [1.54, 1.807) is 24.3 Å². The summed E-state index contributed by atoms with van der Waals surface area (Å²) < 4.78 is 15.2. The highest BCUT2D eigenvalue weighted by Crippen LogP contribution is 2.36. The molecule has 0 fully saturated rings. The van der Waals surface area contributed by atoms with Crippen molar-refractivity contribution in [1.29, 1.82) is 0 Å². The molecule has 0 atom stereocenters. The molecule has 0 aromatic heterocycles. The molecule has 0 saturated heterocycles. The average Bonchev–Trinajstić information content (AvgIpc) is 2.62. The minimum atomic E-state index is -0.478. The first-order valence-corrected chi connectivity index (χ1v) is 7.50. The fourth-order valence-electron chi connectivity index (χ4n) is 2.07. The average molecular weight is 365 g/mol. The van der Waals surface area contributed by atoms with Gasteiger partial charge in [0.25, 0.3) is 5.91 Å². The van der Waals surface area contributed by atoms with Gasteiger partial charge in [-0.25, -0.2) is 5.43 Å². The summed E-state index contributed by atoms with van der Waals surface area (Å²) in [6, 6.07) is 7.80. The molecule has 2 aromatic rings. The second-order valence-corrected chi connectivity index (χ2v) is 5.25. The van der Waals surface area contributed by atoms with Crippen LogP contribution in [-0.2, 0) is 0 Å². The maximum absolute atomic E-state index is 12.2. The molecule has 25 heavy (non-hydrogen) atoms. The first-order chi connectivity index (χ1) is 12.0. The molecule has 0 heterocycles. The third-order valence-electron chi connectivity index (χ3n) is 3.29. The lowest BCUT2D eigenvalue weighted by Gasteiger charge is -2.09. The molecule has 2 rings (SSSR count). The van der Waals surface area contributed by atoms with E-state index in [2.05, 4.69) is 10.5 Å². The number of ether oxygens (including phenoxy) is 3. The van der Waals surface area contributed by atoms with Crippen LogP contribution < -0.4 is 19.6 Å². The van der Waals surface area contributed by atoms with Crippen molar-refractivity contribution in [2.24, 2.45) is 5.10 Å². The lowest BCUT2D eigenvalue weighted by Crippen LogP contribution is -2.18. The van der Waals surface area contributed by atoms with Crippen LogP contribution in [0.15, 0.2) is 35.4 Å². The third-order valence-corrected chi connectivity index (χ3v) is 3.52. The predicted octanol–water partition coefficient (Wildman–Crippen LogP) is 2.84. The standard InChI is InChI=1S/C17H17ClN2O5/c1-23-13-5-4-11(18)8-12(13)17(22)20-19-9-10-6-14(24-2)16(21)15(7-10)25-3/h4-9,21H,1-3H3,(H,20,22)/b19-9+. The van der Waals surface area contributed by atoms with Crippen LogP contribution >= 0.6 is 11.6 Å². The molecule has 0 aliphatic carbocycles. The molecule has 0 bridgehead atoms. The van der Waals surface area contributed by atoms with E-state index in [9.17, 15) is 9.90 Å². The highest BCUT2D eigenvalue weighted by atomic mass is 35.5. The summed E-state index contributed by atoms with van der Waals surface area (Å²) >= 11 is 5.90. The number of amides is 1. The molecule has 2 aromatic carbocycles. The molecule has 0 spiro atoms. The van der Waals surface area contributed by atoms with Crippen molar-refractivity contribution in [2.45, 2.75) is 0 Å². The van der Waals surface area contributed by atoms with Gasteiger partial charge in [0.05, 0.1) is 33.1 Å². The normalized spacial score (nSPS) is 10.6. The fourth-order valence-corrected chi connectivity index (χ4v) is 2.24.